The van der Waals surface area contributed by atoms with Crippen LogP contribution in [0, 0.1) is 3.57 Å². The van der Waals surface area contributed by atoms with Gasteiger partial charge in [0.15, 0.2) is 0 Å². The second kappa shape index (κ2) is 5.60. The maximum absolute atomic E-state index is 3.47. The molecule has 0 amide bonds. The summed E-state index contributed by atoms with van der Waals surface area (Å²) < 4.78 is 2.53. The van der Waals surface area contributed by atoms with E-state index in [-0.39, 0.29) is 0 Å². The van der Waals surface area contributed by atoms with Crippen LogP contribution in [0.3, 0.4) is 0 Å². The van der Waals surface area contributed by atoms with Crippen molar-refractivity contribution in [3.05, 3.63) is 31.8 Å². The normalized spacial score (nSPS) is 10.2. The lowest BCUT2D eigenvalue weighted by Crippen LogP contribution is -1.89. The number of halogens is 3. The first kappa shape index (κ1) is 11.0. The first-order chi connectivity index (χ1) is 5.74. The van der Waals surface area contributed by atoms with Gasteiger partial charge in [-0.3, -0.25) is 0 Å². The molecule has 0 heterocycles. The van der Waals surface area contributed by atoms with E-state index in [1.165, 1.54) is 20.0 Å². The van der Waals surface area contributed by atoms with E-state index in [0.29, 0.717) is 0 Å². The fourth-order valence-electron chi connectivity index (χ4n) is 0.992. The van der Waals surface area contributed by atoms with E-state index in [4.69, 9.17) is 0 Å². The van der Waals surface area contributed by atoms with Gasteiger partial charge in [0.2, 0.25) is 0 Å². The van der Waals surface area contributed by atoms with Crippen LogP contribution in [0.1, 0.15) is 12.0 Å². The van der Waals surface area contributed by atoms with Crippen molar-refractivity contribution >= 4 is 54.5 Å². The highest BCUT2D eigenvalue weighted by Crippen LogP contribution is 2.19. The minimum atomic E-state index is 1.08. The fraction of sp³-hybridized carbons (Fsp3) is 0.333. The molecular weight excluding hydrogens is 395 g/mol. The summed E-state index contributed by atoms with van der Waals surface area (Å²) in [6.07, 6.45) is 2.36. The first-order valence-electron chi connectivity index (χ1n) is 3.74. The van der Waals surface area contributed by atoms with Gasteiger partial charge in [-0.25, -0.2) is 0 Å². The summed E-state index contributed by atoms with van der Waals surface area (Å²) in [5.74, 6) is 0. The largest absolute Gasteiger partial charge is 0.0928 e. The zero-order valence-electron chi connectivity index (χ0n) is 6.49. The van der Waals surface area contributed by atoms with E-state index in [0.717, 1.165) is 11.8 Å². The summed E-state index contributed by atoms with van der Waals surface area (Å²) in [6.45, 7) is 0. The minimum Gasteiger partial charge on any atom is -0.0928 e. The Morgan fingerprint density at radius 3 is 2.75 bits per heavy atom. The molecule has 0 fully saturated rings. The Kier molecular flexibility index (Phi) is 5.13. The highest BCUT2D eigenvalue weighted by molar-refractivity contribution is 14.1. The Morgan fingerprint density at radius 2 is 2.08 bits per heavy atom. The summed E-state index contributed by atoms with van der Waals surface area (Å²) >= 11 is 9.29. The Bertz CT molecular complexity index is 261. The molecule has 0 saturated carbocycles. The van der Waals surface area contributed by atoms with Crippen molar-refractivity contribution in [2.45, 2.75) is 12.8 Å². The molecule has 66 valence electrons. The molecule has 0 radical (unpaired) electrons. The van der Waals surface area contributed by atoms with Gasteiger partial charge in [-0.2, -0.15) is 0 Å². The summed E-state index contributed by atoms with van der Waals surface area (Å²) in [7, 11) is 0. The van der Waals surface area contributed by atoms with E-state index < -0.39 is 0 Å². The van der Waals surface area contributed by atoms with Crippen molar-refractivity contribution in [2.24, 2.45) is 0 Å². The van der Waals surface area contributed by atoms with Crippen molar-refractivity contribution in [2.75, 3.05) is 5.33 Å². The molecule has 3 heteroatoms. The number of hydrogen-bond acceptors (Lipinski definition) is 0. The Hall–Kier alpha value is 0.910. The average molecular weight is 404 g/mol. The van der Waals surface area contributed by atoms with Crippen LogP contribution in [0.15, 0.2) is 22.7 Å². The summed E-state index contributed by atoms with van der Waals surface area (Å²) in [5, 5.41) is 1.08. The average Bonchev–Trinajstić information content (AvgIpc) is 2.07. The molecular formula is C9H9Br2I. The van der Waals surface area contributed by atoms with Crippen molar-refractivity contribution < 1.29 is 0 Å². The topological polar surface area (TPSA) is 0 Å². The number of benzene rings is 1. The maximum atomic E-state index is 3.47. The van der Waals surface area contributed by atoms with Gasteiger partial charge < -0.3 is 0 Å². The lowest BCUT2D eigenvalue weighted by Gasteiger charge is -2.03. The van der Waals surface area contributed by atoms with Gasteiger partial charge in [0.05, 0.1) is 0 Å². The quantitative estimate of drug-likeness (QED) is 0.519. The molecule has 0 aliphatic rings. The maximum Gasteiger partial charge on any atom is 0.0178 e. The number of hydrogen-bond donors (Lipinski definition) is 0. The molecule has 12 heavy (non-hydrogen) atoms. The number of rotatable bonds is 3. The van der Waals surface area contributed by atoms with Crippen LogP contribution in [0.5, 0.6) is 0 Å². The van der Waals surface area contributed by atoms with E-state index in [1.54, 1.807) is 0 Å². The Balaban J connectivity index is 2.75. The van der Waals surface area contributed by atoms with Crippen molar-refractivity contribution in [1.82, 2.24) is 0 Å². The van der Waals surface area contributed by atoms with Gasteiger partial charge in [0.1, 0.15) is 0 Å². The molecule has 0 bridgehead atoms. The standard InChI is InChI=1S/C9H9Br2I/c10-5-1-2-7-6-8(11)3-4-9(7)12/h3-4,6H,1-2,5H2. The van der Waals surface area contributed by atoms with E-state index in [2.05, 4.69) is 72.6 Å². The molecule has 0 aromatic heterocycles. The van der Waals surface area contributed by atoms with Crippen LogP contribution in [-0.2, 0) is 6.42 Å². The second-order valence-electron chi connectivity index (χ2n) is 2.53. The molecule has 0 aliphatic carbocycles. The van der Waals surface area contributed by atoms with Gasteiger partial charge in [-0.05, 0) is 59.2 Å². The zero-order valence-corrected chi connectivity index (χ0v) is 11.8. The minimum absolute atomic E-state index is 1.08. The highest BCUT2D eigenvalue weighted by Gasteiger charge is 1.99. The molecule has 0 spiro atoms. The molecule has 0 unspecified atom stereocenters. The smallest absolute Gasteiger partial charge is 0.0178 e. The van der Waals surface area contributed by atoms with Crippen LogP contribution in [0.2, 0.25) is 0 Å². The van der Waals surface area contributed by atoms with Crippen molar-refractivity contribution in [3.63, 3.8) is 0 Å². The van der Waals surface area contributed by atoms with Gasteiger partial charge in [-0.15, -0.1) is 0 Å². The molecule has 0 aliphatic heterocycles. The van der Waals surface area contributed by atoms with Crippen LogP contribution in [-0.4, -0.2) is 5.33 Å². The molecule has 0 N–H and O–H groups in total. The van der Waals surface area contributed by atoms with Gasteiger partial charge >= 0.3 is 0 Å². The van der Waals surface area contributed by atoms with Crippen LogP contribution in [0.4, 0.5) is 0 Å². The molecule has 0 saturated heterocycles. The third-order valence-corrected chi connectivity index (χ3v) is 3.69. The second-order valence-corrected chi connectivity index (χ2v) is 5.40. The molecule has 1 rings (SSSR count). The Labute approximate surface area is 104 Å². The van der Waals surface area contributed by atoms with E-state index in [9.17, 15) is 0 Å². The predicted octanol–water partition coefficient (Wildman–Crippen LogP) is 4.38. The molecule has 1 aromatic rings. The van der Waals surface area contributed by atoms with Gasteiger partial charge in [-0.1, -0.05) is 31.9 Å². The summed E-state index contributed by atoms with van der Waals surface area (Å²) in [4.78, 5) is 0. The van der Waals surface area contributed by atoms with Gasteiger partial charge in [0.25, 0.3) is 0 Å². The SMILES string of the molecule is BrCCCc1cc(Br)ccc1I. The third-order valence-electron chi connectivity index (χ3n) is 1.59. The highest BCUT2D eigenvalue weighted by atomic mass is 127. The Morgan fingerprint density at radius 1 is 1.33 bits per heavy atom. The fourth-order valence-corrected chi connectivity index (χ4v) is 2.29. The van der Waals surface area contributed by atoms with Crippen molar-refractivity contribution in [1.29, 1.82) is 0 Å². The number of aryl methyl sites for hydroxylation is 1. The monoisotopic (exact) mass is 402 g/mol. The van der Waals surface area contributed by atoms with E-state index >= 15 is 0 Å². The summed E-state index contributed by atoms with van der Waals surface area (Å²) in [6, 6.07) is 6.43. The van der Waals surface area contributed by atoms with E-state index in [1.807, 2.05) is 0 Å². The molecule has 0 nitrogen and oxygen atoms in total. The molecule has 0 atom stereocenters. The molecule has 1 aromatic carbocycles. The third kappa shape index (κ3) is 3.34. The van der Waals surface area contributed by atoms with Crippen LogP contribution < -0.4 is 0 Å². The van der Waals surface area contributed by atoms with Gasteiger partial charge in [0, 0.05) is 13.4 Å². The van der Waals surface area contributed by atoms with Crippen LogP contribution >= 0.6 is 54.5 Å². The lowest BCUT2D eigenvalue weighted by molar-refractivity contribution is 0.933. The zero-order chi connectivity index (χ0) is 8.97. The predicted molar refractivity (Wildman–Crippen MR) is 69.0 cm³/mol. The van der Waals surface area contributed by atoms with Crippen LogP contribution in [0.25, 0.3) is 0 Å². The lowest BCUT2D eigenvalue weighted by atomic mass is 10.1. The summed E-state index contributed by atoms with van der Waals surface area (Å²) in [5.41, 5.74) is 1.43. The number of alkyl halides is 1. The first-order valence-corrected chi connectivity index (χ1v) is 6.73. The van der Waals surface area contributed by atoms with Crippen molar-refractivity contribution in [3.8, 4) is 0 Å².